The molecule has 4 heteroatoms. The van der Waals surface area contributed by atoms with Gasteiger partial charge < -0.3 is 14.8 Å². The quantitative estimate of drug-likeness (QED) is 0.782. The van der Waals surface area contributed by atoms with E-state index in [4.69, 9.17) is 9.47 Å². The van der Waals surface area contributed by atoms with Crippen LogP contribution in [0.3, 0.4) is 0 Å². The first-order valence-electron chi connectivity index (χ1n) is 6.20. The van der Waals surface area contributed by atoms with Gasteiger partial charge >= 0.3 is 5.97 Å². The Hall–Kier alpha value is -1.55. The fourth-order valence-electron chi connectivity index (χ4n) is 1.95. The molecule has 0 saturated heterocycles. The average Bonchev–Trinajstić information content (AvgIpc) is 3.23. The molecule has 0 heterocycles. The third-order valence-electron chi connectivity index (χ3n) is 3.19. The Labute approximate surface area is 107 Å². The molecule has 1 unspecified atom stereocenters. The zero-order chi connectivity index (χ0) is 13.0. The molecule has 0 aromatic heterocycles. The highest BCUT2D eigenvalue weighted by Crippen LogP contribution is 2.30. The number of para-hydroxylation sites is 1. The molecule has 1 aliphatic rings. The van der Waals surface area contributed by atoms with Crippen molar-refractivity contribution in [2.45, 2.75) is 18.9 Å². The minimum atomic E-state index is -0.452. The number of carbonyl (C=O) groups is 1. The Morgan fingerprint density at radius 3 is 2.72 bits per heavy atom. The molecule has 1 aromatic carbocycles. The van der Waals surface area contributed by atoms with Gasteiger partial charge in [0, 0.05) is 5.56 Å². The van der Waals surface area contributed by atoms with E-state index in [1.54, 1.807) is 7.11 Å². The van der Waals surface area contributed by atoms with Crippen LogP contribution in [0.4, 0.5) is 0 Å². The number of rotatable bonds is 6. The van der Waals surface area contributed by atoms with Crippen LogP contribution in [0.5, 0.6) is 5.75 Å². The SMILES string of the molecule is COC(=O)C(NCC1CC1)c1ccccc1OC. The van der Waals surface area contributed by atoms with Crippen LogP contribution < -0.4 is 10.1 Å². The van der Waals surface area contributed by atoms with Gasteiger partial charge in [0.2, 0.25) is 0 Å². The van der Waals surface area contributed by atoms with Crippen molar-refractivity contribution in [2.24, 2.45) is 5.92 Å². The van der Waals surface area contributed by atoms with Gasteiger partial charge in [-0.2, -0.15) is 0 Å². The number of hydrogen-bond acceptors (Lipinski definition) is 4. The number of ether oxygens (including phenoxy) is 2. The molecule has 1 fully saturated rings. The molecule has 1 atom stereocenters. The lowest BCUT2D eigenvalue weighted by atomic mass is 10.1. The van der Waals surface area contributed by atoms with E-state index in [0.29, 0.717) is 11.7 Å². The Balaban J connectivity index is 2.17. The van der Waals surface area contributed by atoms with Gasteiger partial charge in [-0.1, -0.05) is 18.2 Å². The molecule has 18 heavy (non-hydrogen) atoms. The number of carbonyl (C=O) groups excluding carboxylic acids is 1. The molecule has 1 saturated carbocycles. The Morgan fingerprint density at radius 2 is 2.11 bits per heavy atom. The maximum atomic E-state index is 11.9. The predicted molar refractivity (Wildman–Crippen MR) is 68.5 cm³/mol. The lowest BCUT2D eigenvalue weighted by Crippen LogP contribution is -2.31. The Morgan fingerprint density at radius 1 is 1.39 bits per heavy atom. The summed E-state index contributed by atoms with van der Waals surface area (Å²) in [6, 6.07) is 7.07. The van der Waals surface area contributed by atoms with Gasteiger partial charge in [0.15, 0.2) is 0 Å². The number of hydrogen-bond donors (Lipinski definition) is 1. The summed E-state index contributed by atoms with van der Waals surface area (Å²) >= 11 is 0. The smallest absolute Gasteiger partial charge is 0.327 e. The summed E-state index contributed by atoms with van der Waals surface area (Å²) in [4.78, 5) is 11.9. The van der Waals surface area contributed by atoms with Crippen molar-refractivity contribution < 1.29 is 14.3 Å². The van der Waals surface area contributed by atoms with Gasteiger partial charge in [-0.05, 0) is 31.4 Å². The molecule has 0 aliphatic heterocycles. The highest BCUT2D eigenvalue weighted by molar-refractivity contribution is 5.78. The second kappa shape index (κ2) is 5.87. The van der Waals surface area contributed by atoms with Crippen LogP contribution in [-0.2, 0) is 9.53 Å². The average molecular weight is 249 g/mol. The van der Waals surface area contributed by atoms with Crippen molar-refractivity contribution in [3.63, 3.8) is 0 Å². The van der Waals surface area contributed by atoms with E-state index in [-0.39, 0.29) is 5.97 Å². The van der Waals surface area contributed by atoms with E-state index in [0.717, 1.165) is 12.1 Å². The lowest BCUT2D eigenvalue weighted by molar-refractivity contribution is -0.143. The maximum absolute atomic E-state index is 11.9. The second-order valence-corrected chi connectivity index (χ2v) is 4.55. The third-order valence-corrected chi connectivity index (χ3v) is 3.19. The van der Waals surface area contributed by atoms with Crippen molar-refractivity contribution in [3.05, 3.63) is 29.8 Å². The van der Waals surface area contributed by atoms with E-state index in [1.165, 1.54) is 20.0 Å². The van der Waals surface area contributed by atoms with Crippen LogP contribution in [0.1, 0.15) is 24.4 Å². The van der Waals surface area contributed by atoms with Crippen molar-refractivity contribution >= 4 is 5.97 Å². The highest BCUT2D eigenvalue weighted by atomic mass is 16.5. The lowest BCUT2D eigenvalue weighted by Gasteiger charge is -2.19. The summed E-state index contributed by atoms with van der Waals surface area (Å²) in [6.45, 7) is 0.845. The van der Waals surface area contributed by atoms with E-state index >= 15 is 0 Å². The minimum absolute atomic E-state index is 0.278. The third kappa shape index (κ3) is 3.01. The molecule has 2 rings (SSSR count). The number of methoxy groups -OCH3 is 2. The highest BCUT2D eigenvalue weighted by Gasteiger charge is 2.28. The molecular formula is C14H19NO3. The fraction of sp³-hybridized carbons (Fsp3) is 0.500. The molecule has 1 aromatic rings. The normalized spacial score (nSPS) is 16.1. The van der Waals surface area contributed by atoms with Crippen molar-refractivity contribution in [3.8, 4) is 5.75 Å². The number of benzene rings is 1. The Kier molecular flexibility index (Phi) is 4.20. The fourth-order valence-corrected chi connectivity index (χ4v) is 1.95. The number of nitrogens with one attached hydrogen (secondary N) is 1. The standard InChI is InChI=1S/C14H19NO3/c1-17-12-6-4-3-5-11(12)13(14(16)18-2)15-9-10-7-8-10/h3-6,10,13,15H,7-9H2,1-2H3. The summed E-state index contributed by atoms with van der Waals surface area (Å²) in [5, 5.41) is 3.27. The van der Waals surface area contributed by atoms with Gasteiger partial charge in [-0.3, -0.25) is 0 Å². The van der Waals surface area contributed by atoms with E-state index in [1.807, 2.05) is 24.3 Å². The Bertz CT molecular complexity index is 415. The van der Waals surface area contributed by atoms with Crippen molar-refractivity contribution in [2.75, 3.05) is 20.8 Å². The van der Waals surface area contributed by atoms with Crippen LogP contribution >= 0.6 is 0 Å². The molecule has 98 valence electrons. The second-order valence-electron chi connectivity index (χ2n) is 4.55. The van der Waals surface area contributed by atoms with Gasteiger partial charge in [0.05, 0.1) is 14.2 Å². The molecule has 0 radical (unpaired) electrons. The first-order chi connectivity index (χ1) is 8.76. The molecule has 0 amide bonds. The first kappa shape index (κ1) is 12.9. The van der Waals surface area contributed by atoms with E-state index in [9.17, 15) is 4.79 Å². The van der Waals surface area contributed by atoms with Gasteiger partial charge in [-0.25, -0.2) is 4.79 Å². The number of esters is 1. The first-order valence-corrected chi connectivity index (χ1v) is 6.20. The predicted octanol–water partition coefficient (Wildman–Crippen LogP) is 1.91. The van der Waals surface area contributed by atoms with Crippen LogP contribution in [0.25, 0.3) is 0 Å². The summed E-state index contributed by atoms with van der Waals surface area (Å²) in [5.74, 6) is 1.13. The topological polar surface area (TPSA) is 47.6 Å². The van der Waals surface area contributed by atoms with Gasteiger partial charge in [0.1, 0.15) is 11.8 Å². The molecular weight excluding hydrogens is 230 g/mol. The largest absolute Gasteiger partial charge is 0.496 e. The molecule has 1 aliphatic carbocycles. The monoisotopic (exact) mass is 249 g/mol. The minimum Gasteiger partial charge on any atom is -0.496 e. The molecule has 0 spiro atoms. The van der Waals surface area contributed by atoms with Crippen LogP contribution in [-0.4, -0.2) is 26.7 Å². The van der Waals surface area contributed by atoms with Crippen LogP contribution in [0, 0.1) is 5.92 Å². The van der Waals surface area contributed by atoms with E-state index in [2.05, 4.69) is 5.32 Å². The summed E-state index contributed by atoms with van der Waals surface area (Å²) in [7, 11) is 3.01. The summed E-state index contributed by atoms with van der Waals surface area (Å²) < 4.78 is 10.2. The van der Waals surface area contributed by atoms with E-state index < -0.39 is 6.04 Å². The molecule has 0 bridgehead atoms. The maximum Gasteiger partial charge on any atom is 0.327 e. The van der Waals surface area contributed by atoms with Crippen molar-refractivity contribution in [1.82, 2.24) is 5.32 Å². The van der Waals surface area contributed by atoms with Crippen LogP contribution in [0.2, 0.25) is 0 Å². The zero-order valence-corrected chi connectivity index (χ0v) is 10.8. The molecule has 4 nitrogen and oxygen atoms in total. The molecule has 1 N–H and O–H groups in total. The van der Waals surface area contributed by atoms with Gasteiger partial charge in [-0.15, -0.1) is 0 Å². The summed E-state index contributed by atoms with van der Waals surface area (Å²) in [5.41, 5.74) is 0.826. The van der Waals surface area contributed by atoms with Gasteiger partial charge in [0.25, 0.3) is 0 Å². The summed E-state index contributed by atoms with van der Waals surface area (Å²) in [6.07, 6.45) is 2.49. The van der Waals surface area contributed by atoms with Crippen LogP contribution in [0.15, 0.2) is 24.3 Å². The zero-order valence-electron chi connectivity index (χ0n) is 10.8. The van der Waals surface area contributed by atoms with Crippen molar-refractivity contribution in [1.29, 1.82) is 0 Å².